The van der Waals surface area contributed by atoms with Crippen LogP contribution in [0.4, 0.5) is 14.5 Å². The standard InChI is InChI=1S/C25H23F2N5O5S/c1-15-22(16-6-8-17(9-7-16)32(34)35)24-28-20(14-21(33)31(24)29-15)25(2)10-12-30(13-11-25)38(36,37)23-18(26)4-3-5-19(23)27/h3-9,14,29H,10-13H2,1-2H3. The number of nitro groups is 1. The average Bonchev–Trinajstić information content (AvgIpc) is 3.20. The molecule has 38 heavy (non-hydrogen) atoms. The van der Waals surface area contributed by atoms with Gasteiger partial charge in [-0.05, 0) is 49.6 Å². The largest absolute Gasteiger partial charge is 0.293 e. The predicted octanol–water partition coefficient (Wildman–Crippen LogP) is 3.93. The lowest BCUT2D eigenvalue weighted by Gasteiger charge is -2.38. The van der Waals surface area contributed by atoms with E-state index < -0.39 is 36.9 Å². The van der Waals surface area contributed by atoms with Gasteiger partial charge in [-0.3, -0.25) is 20.0 Å². The Hall–Kier alpha value is -3.97. The smallest absolute Gasteiger partial charge is 0.272 e. The number of non-ortho nitro benzene ring substituents is 1. The summed E-state index contributed by atoms with van der Waals surface area (Å²) in [5.74, 6) is -2.31. The molecule has 1 aliphatic heterocycles. The molecule has 2 aromatic heterocycles. The SMILES string of the molecule is Cc1[nH]n2c(=O)cc(C3(C)CCN(S(=O)(=O)c4c(F)cccc4F)CC3)nc2c1-c1ccc([N+](=O)[O-])cc1. The molecule has 5 rings (SSSR count). The second-order valence-corrected chi connectivity index (χ2v) is 11.4. The van der Waals surface area contributed by atoms with Crippen LogP contribution in [0.15, 0.2) is 58.2 Å². The second-order valence-electron chi connectivity index (χ2n) is 9.57. The number of aromatic nitrogens is 3. The summed E-state index contributed by atoms with van der Waals surface area (Å²) in [6, 6.07) is 10.2. The minimum atomic E-state index is -4.40. The number of benzene rings is 2. The van der Waals surface area contributed by atoms with Crippen LogP contribution in [0.1, 0.15) is 31.2 Å². The van der Waals surface area contributed by atoms with Crippen molar-refractivity contribution in [3.8, 4) is 11.1 Å². The number of aryl methyl sites for hydroxylation is 1. The molecule has 1 fully saturated rings. The quantitative estimate of drug-likeness (QED) is 0.300. The molecule has 1 N–H and O–H groups in total. The second kappa shape index (κ2) is 9.10. The Morgan fingerprint density at radius 3 is 2.26 bits per heavy atom. The van der Waals surface area contributed by atoms with Gasteiger partial charge < -0.3 is 0 Å². The van der Waals surface area contributed by atoms with Crippen molar-refractivity contribution in [2.24, 2.45) is 0 Å². The van der Waals surface area contributed by atoms with Gasteiger partial charge >= 0.3 is 0 Å². The molecule has 198 valence electrons. The van der Waals surface area contributed by atoms with E-state index in [1.807, 2.05) is 6.92 Å². The van der Waals surface area contributed by atoms with Crippen LogP contribution in [0, 0.1) is 28.7 Å². The number of fused-ring (bicyclic) bond motifs is 1. The van der Waals surface area contributed by atoms with Gasteiger partial charge in [0, 0.05) is 48.0 Å². The molecule has 4 aromatic rings. The highest BCUT2D eigenvalue weighted by Gasteiger charge is 2.40. The minimum Gasteiger partial charge on any atom is -0.293 e. The van der Waals surface area contributed by atoms with Gasteiger partial charge in [0.05, 0.1) is 10.6 Å². The lowest BCUT2D eigenvalue weighted by molar-refractivity contribution is -0.384. The first kappa shape index (κ1) is 25.7. The van der Waals surface area contributed by atoms with Crippen molar-refractivity contribution < 1.29 is 22.1 Å². The first-order chi connectivity index (χ1) is 17.9. The van der Waals surface area contributed by atoms with E-state index in [1.165, 1.54) is 22.7 Å². The topological polar surface area (TPSA) is 131 Å². The zero-order chi connectivity index (χ0) is 27.4. The first-order valence-electron chi connectivity index (χ1n) is 11.7. The molecule has 13 heteroatoms. The number of rotatable bonds is 5. The van der Waals surface area contributed by atoms with Crippen LogP contribution in [0.2, 0.25) is 0 Å². The summed E-state index contributed by atoms with van der Waals surface area (Å²) < 4.78 is 56.8. The third-order valence-corrected chi connectivity index (χ3v) is 9.08. The van der Waals surface area contributed by atoms with Gasteiger partial charge in [0.1, 0.15) is 11.6 Å². The Balaban J connectivity index is 1.49. The van der Waals surface area contributed by atoms with Gasteiger partial charge in [0.25, 0.3) is 11.2 Å². The summed E-state index contributed by atoms with van der Waals surface area (Å²) in [6.45, 7) is 3.59. The fraction of sp³-hybridized carbons (Fsp3) is 0.280. The van der Waals surface area contributed by atoms with Crippen molar-refractivity contribution in [2.75, 3.05) is 13.1 Å². The molecule has 0 amide bonds. The first-order valence-corrected chi connectivity index (χ1v) is 13.2. The fourth-order valence-corrected chi connectivity index (χ4v) is 6.44. The van der Waals surface area contributed by atoms with Crippen LogP contribution in [0.3, 0.4) is 0 Å². The zero-order valence-corrected chi connectivity index (χ0v) is 21.3. The third-order valence-electron chi connectivity index (χ3n) is 7.12. The Morgan fingerprint density at radius 1 is 1.08 bits per heavy atom. The Kier molecular flexibility index (Phi) is 6.15. The molecule has 1 saturated heterocycles. The molecule has 0 radical (unpaired) electrons. The molecule has 2 aromatic carbocycles. The molecule has 3 heterocycles. The fourth-order valence-electron chi connectivity index (χ4n) is 4.89. The number of hydrogen-bond donors (Lipinski definition) is 1. The number of H-pyrrole nitrogens is 1. The van der Waals surface area contributed by atoms with E-state index in [0.29, 0.717) is 28.2 Å². The van der Waals surface area contributed by atoms with Crippen molar-refractivity contribution in [3.05, 3.63) is 92.0 Å². The van der Waals surface area contributed by atoms with E-state index in [4.69, 9.17) is 4.98 Å². The molecular weight excluding hydrogens is 520 g/mol. The van der Waals surface area contributed by atoms with Crippen LogP contribution in [-0.4, -0.2) is 45.3 Å². The third kappa shape index (κ3) is 4.17. The molecule has 0 atom stereocenters. The number of nitro benzene ring substituents is 1. The highest BCUT2D eigenvalue weighted by molar-refractivity contribution is 7.89. The van der Waals surface area contributed by atoms with Crippen molar-refractivity contribution >= 4 is 21.4 Å². The maximum absolute atomic E-state index is 14.2. The highest BCUT2D eigenvalue weighted by atomic mass is 32.2. The lowest BCUT2D eigenvalue weighted by atomic mass is 9.78. The maximum Gasteiger partial charge on any atom is 0.272 e. The monoisotopic (exact) mass is 543 g/mol. The maximum atomic E-state index is 14.2. The summed E-state index contributed by atoms with van der Waals surface area (Å²) in [7, 11) is -4.40. The summed E-state index contributed by atoms with van der Waals surface area (Å²) in [5, 5.41) is 14.0. The molecule has 0 bridgehead atoms. The minimum absolute atomic E-state index is 0.0188. The van der Waals surface area contributed by atoms with Gasteiger partial charge in [-0.25, -0.2) is 26.7 Å². The summed E-state index contributed by atoms with van der Waals surface area (Å²) in [6.07, 6.45) is 0.530. The van der Waals surface area contributed by atoms with E-state index in [0.717, 1.165) is 22.5 Å². The van der Waals surface area contributed by atoms with Crippen LogP contribution < -0.4 is 5.56 Å². The molecule has 1 aliphatic rings. The lowest BCUT2D eigenvalue weighted by Crippen LogP contribution is -2.45. The van der Waals surface area contributed by atoms with Crippen molar-refractivity contribution in [1.82, 2.24) is 18.9 Å². The Morgan fingerprint density at radius 2 is 1.68 bits per heavy atom. The molecule has 0 saturated carbocycles. The van der Waals surface area contributed by atoms with Crippen molar-refractivity contribution in [3.63, 3.8) is 0 Å². The van der Waals surface area contributed by atoms with Gasteiger partial charge in [0.2, 0.25) is 10.0 Å². The molecule has 0 aliphatic carbocycles. The van der Waals surface area contributed by atoms with Crippen molar-refractivity contribution in [1.29, 1.82) is 0 Å². The Bertz CT molecular complexity index is 1720. The Labute approximate surface area is 215 Å². The van der Waals surface area contributed by atoms with Gasteiger partial charge in [0.15, 0.2) is 10.5 Å². The normalized spacial score (nSPS) is 16.1. The molecule has 0 unspecified atom stereocenters. The number of nitrogens with zero attached hydrogens (tertiary/aromatic N) is 4. The number of aromatic amines is 1. The number of piperidine rings is 1. The number of halogens is 2. The van der Waals surface area contributed by atoms with Crippen LogP contribution in [-0.2, 0) is 15.4 Å². The summed E-state index contributed by atoms with van der Waals surface area (Å²) >= 11 is 0. The van der Waals surface area contributed by atoms with Crippen LogP contribution in [0.25, 0.3) is 16.8 Å². The van der Waals surface area contributed by atoms with Crippen molar-refractivity contribution in [2.45, 2.75) is 37.0 Å². The van der Waals surface area contributed by atoms with E-state index in [1.54, 1.807) is 19.1 Å². The number of hydrogen-bond acceptors (Lipinski definition) is 6. The zero-order valence-electron chi connectivity index (χ0n) is 20.4. The predicted molar refractivity (Wildman–Crippen MR) is 134 cm³/mol. The summed E-state index contributed by atoms with van der Waals surface area (Å²) in [4.78, 5) is 27.4. The van der Waals surface area contributed by atoms with E-state index in [2.05, 4.69) is 5.10 Å². The highest BCUT2D eigenvalue weighted by Crippen LogP contribution is 2.37. The van der Waals surface area contributed by atoms with Crippen LogP contribution >= 0.6 is 0 Å². The molecular formula is C25H23F2N5O5S. The molecule has 0 spiro atoms. The number of sulfonamides is 1. The van der Waals surface area contributed by atoms with E-state index in [-0.39, 0.29) is 37.2 Å². The van der Waals surface area contributed by atoms with Gasteiger partial charge in [-0.2, -0.15) is 4.31 Å². The average molecular weight is 544 g/mol. The van der Waals surface area contributed by atoms with E-state index in [9.17, 15) is 32.1 Å². The number of nitrogens with one attached hydrogen (secondary N) is 1. The van der Waals surface area contributed by atoms with Gasteiger partial charge in [-0.15, -0.1) is 0 Å². The van der Waals surface area contributed by atoms with E-state index >= 15 is 0 Å². The van der Waals surface area contributed by atoms with Gasteiger partial charge in [-0.1, -0.05) is 13.0 Å². The molecule has 10 nitrogen and oxygen atoms in total. The van der Waals surface area contributed by atoms with Crippen LogP contribution in [0.5, 0.6) is 0 Å². The summed E-state index contributed by atoms with van der Waals surface area (Å²) in [5.41, 5.74) is 1.55.